The highest BCUT2D eigenvalue weighted by Gasteiger charge is 2.60. The van der Waals surface area contributed by atoms with Crippen molar-refractivity contribution in [3.05, 3.63) is 94.5 Å². The Hall–Kier alpha value is -3.15. The first-order chi connectivity index (χ1) is 15.0. The summed E-state index contributed by atoms with van der Waals surface area (Å²) in [6.45, 7) is 3.82. The summed E-state index contributed by atoms with van der Waals surface area (Å²) in [5.41, 5.74) is 4.05. The van der Waals surface area contributed by atoms with E-state index < -0.39 is 18.1 Å². The Morgan fingerprint density at radius 1 is 0.839 bits per heavy atom. The molecule has 5 rings (SSSR count). The van der Waals surface area contributed by atoms with Crippen LogP contribution in [0.5, 0.6) is 0 Å². The van der Waals surface area contributed by atoms with Crippen molar-refractivity contribution in [3.63, 3.8) is 0 Å². The number of para-hydroxylation sites is 1. The fourth-order valence-corrected chi connectivity index (χ4v) is 4.56. The summed E-state index contributed by atoms with van der Waals surface area (Å²) in [6.07, 6.45) is -0.891. The van der Waals surface area contributed by atoms with Crippen molar-refractivity contribution >= 4 is 34.8 Å². The zero-order valence-corrected chi connectivity index (χ0v) is 17.9. The van der Waals surface area contributed by atoms with E-state index in [2.05, 4.69) is 0 Å². The predicted octanol–water partition coefficient (Wildman–Crippen LogP) is 5.01. The summed E-state index contributed by atoms with van der Waals surface area (Å²) >= 11 is 6.26. The van der Waals surface area contributed by atoms with E-state index >= 15 is 0 Å². The van der Waals surface area contributed by atoms with Crippen LogP contribution < -0.4 is 9.96 Å². The average Bonchev–Trinajstić information content (AvgIpc) is 3.28. The Kier molecular flexibility index (Phi) is 4.80. The molecule has 0 bridgehead atoms. The van der Waals surface area contributed by atoms with Gasteiger partial charge in [-0.05, 0) is 49.2 Å². The molecule has 2 fully saturated rings. The number of rotatable bonds is 3. The minimum Gasteiger partial charge on any atom is -0.273 e. The van der Waals surface area contributed by atoms with Gasteiger partial charge in [-0.2, -0.15) is 0 Å². The summed E-state index contributed by atoms with van der Waals surface area (Å²) in [4.78, 5) is 34.4. The number of amides is 2. The number of fused-ring (bicyclic) bond motifs is 1. The maximum absolute atomic E-state index is 13.6. The Bertz CT molecular complexity index is 1160. The van der Waals surface area contributed by atoms with Crippen molar-refractivity contribution in [2.75, 3.05) is 9.96 Å². The molecule has 3 aromatic carbocycles. The number of carbonyl (C=O) groups is 2. The van der Waals surface area contributed by atoms with Gasteiger partial charge < -0.3 is 0 Å². The number of hydrogen-bond donors (Lipinski definition) is 0. The van der Waals surface area contributed by atoms with Crippen molar-refractivity contribution < 1.29 is 14.4 Å². The van der Waals surface area contributed by atoms with Crippen LogP contribution in [0.4, 0.5) is 11.4 Å². The van der Waals surface area contributed by atoms with Crippen LogP contribution >= 0.6 is 11.6 Å². The van der Waals surface area contributed by atoms with Crippen molar-refractivity contribution in [2.24, 2.45) is 5.92 Å². The molecule has 0 spiro atoms. The first-order valence-electron chi connectivity index (χ1n) is 10.2. The zero-order valence-electron chi connectivity index (χ0n) is 17.2. The van der Waals surface area contributed by atoms with E-state index in [9.17, 15) is 9.59 Å². The average molecular weight is 433 g/mol. The quantitative estimate of drug-likeness (QED) is 0.546. The number of anilines is 2. The lowest BCUT2D eigenvalue weighted by molar-refractivity contribution is -0.126. The molecule has 0 N–H and O–H groups in total. The minimum absolute atomic E-state index is 0.274. The van der Waals surface area contributed by atoms with Gasteiger partial charge in [-0.15, -0.1) is 0 Å². The molecule has 6 heteroatoms. The lowest BCUT2D eigenvalue weighted by atomic mass is 9.90. The van der Waals surface area contributed by atoms with Gasteiger partial charge in [0.25, 0.3) is 5.91 Å². The first-order valence-corrected chi connectivity index (χ1v) is 10.6. The number of benzene rings is 3. The smallest absolute Gasteiger partial charge is 0.266 e. The summed E-state index contributed by atoms with van der Waals surface area (Å²) in [5, 5.41) is 2.22. The van der Waals surface area contributed by atoms with Crippen LogP contribution in [0, 0.1) is 19.8 Å². The highest BCUT2D eigenvalue weighted by Crippen LogP contribution is 2.48. The zero-order chi connectivity index (χ0) is 21.7. The summed E-state index contributed by atoms with van der Waals surface area (Å²) in [6, 6.07) is 22.4. The number of hydroxylamine groups is 1. The monoisotopic (exact) mass is 432 g/mol. The molecule has 0 saturated carbocycles. The fourth-order valence-electron chi connectivity index (χ4n) is 4.39. The largest absolute Gasteiger partial charge is 0.273 e. The molecule has 2 amide bonds. The van der Waals surface area contributed by atoms with E-state index in [0.717, 1.165) is 16.8 Å². The molecule has 31 heavy (non-hydrogen) atoms. The number of imide groups is 1. The molecule has 2 heterocycles. The summed E-state index contributed by atoms with van der Waals surface area (Å²) < 4.78 is 0. The van der Waals surface area contributed by atoms with Gasteiger partial charge in [-0.25, -0.2) is 9.96 Å². The Morgan fingerprint density at radius 2 is 1.55 bits per heavy atom. The van der Waals surface area contributed by atoms with Gasteiger partial charge in [0.15, 0.2) is 6.10 Å². The summed E-state index contributed by atoms with van der Waals surface area (Å²) in [7, 11) is 0. The maximum atomic E-state index is 13.6. The molecular weight excluding hydrogens is 412 g/mol. The van der Waals surface area contributed by atoms with Crippen LogP contribution in [0.25, 0.3) is 0 Å². The molecule has 0 unspecified atom stereocenters. The second kappa shape index (κ2) is 7.52. The molecule has 3 atom stereocenters. The second-order valence-corrected chi connectivity index (χ2v) is 8.37. The van der Waals surface area contributed by atoms with Gasteiger partial charge >= 0.3 is 0 Å². The van der Waals surface area contributed by atoms with E-state index in [0.29, 0.717) is 16.3 Å². The Balaban J connectivity index is 1.60. The normalized spacial score (nSPS) is 22.9. The van der Waals surface area contributed by atoms with Crippen LogP contribution in [0.1, 0.15) is 22.7 Å². The third-order valence-corrected chi connectivity index (χ3v) is 6.43. The summed E-state index contributed by atoms with van der Waals surface area (Å²) in [5.74, 6) is -1.30. The molecule has 2 aliphatic rings. The molecule has 2 aliphatic heterocycles. The predicted molar refractivity (Wildman–Crippen MR) is 120 cm³/mol. The maximum Gasteiger partial charge on any atom is 0.266 e. The van der Waals surface area contributed by atoms with Crippen molar-refractivity contribution in [1.29, 1.82) is 0 Å². The molecule has 5 nitrogen and oxygen atoms in total. The molecule has 3 aromatic rings. The SMILES string of the molecule is Cc1ccc([C@@H]2[C@H]3C(=O)N(c4cccc(Cl)c4C)C(=O)[C@H]3ON2c2ccccc2)cc1. The van der Waals surface area contributed by atoms with Crippen LogP contribution in [0.3, 0.4) is 0 Å². The molecule has 0 aliphatic carbocycles. The third kappa shape index (κ3) is 3.12. The molecule has 0 aromatic heterocycles. The van der Waals surface area contributed by atoms with Crippen LogP contribution in [0.15, 0.2) is 72.8 Å². The van der Waals surface area contributed by atoms with E-state index in [1.54, 1.807) is 30.2 Å². The highest BCUT2D eigenvalue weighted by atomic mass is 35.5. The van der Waals surface area contributed by atoms with Gasteiger partial charge in [-0.1, -0.05) is 65.7 Å². The van der Waals surface area contributed by atoms with Crippen molar-refractivity contribution in [1.82, 2.24) is 0 Å². The highest BCUT2D eigenvalue weighted by molar-refractivity contribution is 6.32. The van der Waals surface area contributed by atoms with Gasteiger partial charge in [-0.3, -0.25) is 14.4 Å². The van der Waals surface area contributed by atoms with Gasteiger partial charge in [0, 0.05) is 5.02 Å². The number of hydrogen-bond acceptors (Lipinski definition) is 4. The first kappa shape index (κ1) is 19.8. The van der Waals surface area contributed by atoms with E-state index in [-0.39, 0.29) is 11.8 Å². The number of halogens is 1. The van der Waals surface area contributed by atoms with Crippen LogP contribution in [0.2, 0.25) is 5.02 Å². The van der Waals surface area contributed by atoms with Crippen LogP contribution in [-0.2, 0) is 14.4 Å². The Labute approximate surface area is 185 Å². The van der Waals surface area contributed by atoms with Gasteiger partial charge in [0.1, 0.15) is 5.92 Å². The van der Waals surface area contributed by atoms with E-state index in [1.165, 1.54) is 4.90 Å². The standard InChI is InChI=1S/C25H21ClN2O3/c1-15-11-13-17(14-12-15)22-21-23(31-28(22)18-7-4-3-5-8-18)25(30)27(24(21)29)20-10-6-9-19(26)16(20)2/h3-14,21-23H,1-2H3/t21-,22-,23+/m1/s1. The van der Waals surface area contributed by atoms with Gasteiger partial charge in [0.05, 0.1) is 17.4 Å². The number of nitrogens with zero attached hydrogens (tertiary/aromatic N) is 2. The molecular formula is C25H21ClN2O3. The second-order valence-electron chi connectivity index (χ2n) is 7.96. The molecule has 156 valence electrons. The Morgan fingerprint density at radius 3 is 2.26 bits per heavy atom. The number of aryl methyl sites for hydroxylation is 1. The lowest BCUT2D eigenvalue weighted by Crippen LogP contribution is -2.37. The lowest BCUT2D eigenvalue weighted by Gasteiger charge is -2.29. The minimum atomic E-state index is -0.891. The van der Waals surface area contributed by atoms with E-state index in [4.69, 9.17) is 16.4 Å². The number of carbonyl (C=O) groups excluding carboxylic acids is 2. The van der Waals surface area contributed by atoms with Crippen LogP contribution in [-0.4, -0.2) is 17.9 Å². The topological polar surface area (TPSA) is 49.9 Å². The third-order valence-electron chi connectivity index (χ3n) is 6.02. The molecule has 2 saturated heterocycles. The van der Waals surface area contributed by atoms with E-state index in [1.807, 2.05) is 61.5 Å². The molecule has 0 radical (unpaired) electrons. The van der Waals surface area contributed by atoms with Gasteiger partial charge in [0.2, 0.25) is 5.91 Å². The fraction of sp³-hybridized carbons (Fsp3) is 0.200. The van der Waals surface area contributed by atoms with Crippen molar-refractivity contribution in [2.45, 2.75) is 26.0 Å². The van der Waals surface area contributed by atoms with Crippen molar-refractivity contribution in [3.8, 4) is 0 Å².